The molecule has 1 aromatic carbocycles. The van der Waals surface area contributed by atoms with E-state index in [0.29, 0.717) is 67.2 Å². The number of benzene rings is 1. The predicted octanol–water partition coefficient (Wildman–Crippen LogP) is 1.57. The Morgan fingerprint density at radius 2 is 1.92 bits per heavy atom. The Kier molecular flexibility index (Phi) is 5.36. The van der Waals surface area contributed by atoms with Crippen molar-refractivity contribution in [2.75, 3.05) is 31.6 Å². The first kappa shape index (κ1) is 17.8. The van der Waals surface area contributed by atoms with E-state index >= 15 is 0 Å². The summed E-state index contributed by atoms with van der Waals surface area (Å²) in [7, 11) is -3.54. The molecule has 9 heteroatoms. The summed E-state index contributed by atoms with van der Waals surface area (Å²) in [6.45, 7) is 5.67. The first-order valence-electron chi connectivity index (χ1n) is 8.24. The zero-order chi connectivity index (χ0) is 17.9. The van der Waals surface area contributed by atoms with E-state index in [2.05, 4.69) is 15.5 Å². The largest absolute Gasteiger partial charge is 0.423 e. The Balaban J connectivity index is 1.77. The normalized spacial score (nSPS) is 16.1. The van der Waals surface area contributed by atoms with Gasteiger partial charge in [-0.1, -0.05) is 13.0 Å². The van der Waals surface area contributed by atoms with Crippen molar-refractivity contribution in [1.29, 1.82) is 0 Å². The molecule has 25 heavy (non-hydrogen) atoms. The minimum atomic E-state index is -3.54. The molecule has 3 rings (SSSR count). The number of nitrogens with zero attached hydrogens (tertiary/aromatic N) is 3. The quantitative estimate of drug-likeness (QED) is 0.829. The molecule has 1 aliphatic rings. The van der Waals surface area contributed by atoms with E-state index in [1.165, 1.54) is 4.31 Å². The van der Waals surface area contributed by atoms with Gasteiger partial charge in [0.1, 0.15) is 0 Å². The lowest BCUT2D eigenvalue weighted by molar-refractivity contribution is 0.0730. The van der Waals surface area contributed by atoms with Gasteiger partial charge < -0.3 is 14.5 Å². The second-order valence-corrected chi connectivity index (χ2v) is 7.70. The Bertz CT molecular complexity index is 828. The smallest absolute Gasteiger partial charge is 0.243 e. The topological polar surface area (TPSA) is 97.6 Å². The van der Waals surface area contributed by atoms with Crippen LogP contribution in [0.4, 0.5) is 5.69 Å². The molecule has 1 N–H and O–H groups in total. The van der Waals surface area contributed by atoms with Crippen molar-refractivity contribution in [3.05, 3.63) is 35.5 Å². The highest BCUT2D eigenvalue weighted by molar-refractivity contribution is 7.89. The van der Waals surface area contributed by atoms with Crippen molar-refractivity contribution in [1.82, 2.24) is 14.5 Å². The van der Waals surface area contributed by atoms with Crippen molar-refractivity contribution >= 4 is 15.7 Å². The average molecular weight is 366 g/mol. The molecule has 8 nitrogen and oxygen atoms in total. The van der Waals surface area contributed by atoms with E-state index < -0.39 is 10.0 Å². The van der Waals surface area contributed by atoms with E-state index in [9.17, 15) is 8.42 Å². The van der Waals surface area contributed by atoms with Crippen LogP contribution in [0.2, 0.25) is 0 Å². The van der Waals surface area contributed by atoms with Gasteiger partial charge in [-0.2, -0.15) is 4.31 Å². The molecule has 0 atom stereocenters. The SMILES string of the molecule is CCc1nnc(CNc2ccc(C)c(S(=O)(=O)N3CCOCC3)c2)o1. The van der Waals surface area contributed by atoms with Gasteiger partial charge in [0.15, 0.2) is 0 Å². The van der Waals surface area contributed by atoms with Crippen molar-refractivity contribution in [2.24, 2.45) is 0 Å². The number of hydrogen-bond donors (Lipinski definition) is 1. The second kappa shape index (κ2) is 7.51. The summed E-state index contributed by atoms with van der Waals surface area (Å²) in [5.41, 5.74) is 1.40. The zero-order valence-corrected chi connectivity index (χ0v) is 15.2. The fourth-order valence-corrected chi connectivity index (χ4v) is 4.25. The van der Waals surface area contributed by atoms with Crippen molar-refractivity contribution < 1.29 is 17.6 Å². The van der Waals surface area contributed by atoms with Crippen LogP contribution in [0.1, 0.15) is 24.3 Å². The summed E-state index contributed by atoms with van der Waals surface area (Å²) >= 11 is 0. The number of aryl methyl sites for hydroxylation is 2. The zero-order valence-electron chi connectivity index (χ0n) is 14.4. The maximum absolute atomic E-state index is 12.9. The molecule has 2 aromatic rings. The third kappa shape index (κ3) is 4.00. The summed E-state index contributed by atoms with van der Waals surface area (Å²) in [5.74, 6) is 1.05. The first-order valence-corrected chi connectivity index (χ1v) is 9.68. The number of ether oxygens (including phenoxy) is 1. The van der Waals surface area contributed by atoms with Gasteiger partial charge in [-0.3, -0.25) is 0 Å². The highest BCUT2D eigenvalue weighted by atomic mass is 32.2. The number of morpholine rings is 1. The van der Waals surface area contributed by atoms with Crippen LogP contribution < -0.4 is 5.32 Å². The molecular weight excluding hydrogens is 344 g/mol. The minimum Gasteiger partial charge on any atom is -0.423 e. The van der Waals surface area contributed by atoms with Gasteiger partial charge in [0.2, 0.25) is 21.8 Å². The van der Waals surface area contributed by atoms with Crippen LogP contribution in [0.3, 0.4) is 0 Å². The number of nitrogens with one attached hydrogen (secondary N) is 1. The third-order valence-corrected chi connectivity index (χ3v) is 6.07. The minimum absolute atomic E-state index is 0.305. The first-order chi connectivity index (χ1) is 12.0. The molecule has 136 valence electrons. The molecule has 0 amide bonds. The highest BCUT2D eigenvalue weighted by Crippen LogP contribution is 2.24. The van der Waals surface area contributed by atoms with Gasteiger partial charge in [0.25, 0.3) is 0 Å². The van der Waals surface area contributed by atoms with E-state index in [4.69, 9.17) is 9.15 Å². The highest BCUT2D eigenvalue weighted by Gasteiger charge is 2.27. The molecule has 1 aliphatic heterocycles. The number of hydrogen-bond acceptors (Lipinski definition) is 7. The Hall–Kier alpha value is -1.97. The van der Waals surface area contributed by atoms with Gasteiger partial charge >= 0.3 is 0 Å². The van der Waals surface area contributed by atoms with Gasteiger partial charge in [0.05, 0.1) is 24.7 Å². The number of sulfonamides is 1. The molecule has 1 fully saturated rings. The summed E-state index contributed by atoms with van der Waals surface area (Å²) in [6.07, 6.45) is 0.680. The van der Waals surface area contributed by atoms with Crippen LogP contribution in [0.25, 0.3) is 0 Å². The maximum atomic E-state index is 12.9. The van der Waals surface area contributed by atoms with Gasteiger partial charge in [-0.15, -0.1) is 10.2 Å². The van der Waals surface area contributed by atoms with Crippen LogP contribution in [0.5, 0.6) is 0 Å². The number of rotatable bonds is 6. The lowest BCUT2D eigenvalue weighted by Crippen LogP contribution is -2.40. The lowest BCUT2D eigenvalue weighted by Gasteiger charge is -2.26. The van der Waals surface area contributed by atoms with Gasteiger partial charge in [0, 0.05) is 25.2 Å². The predicted molar refractivity (Wildman–Crippen MR) is 91.8 cm³/mol. The molecule has 0 unspecified atom stereocenters. The monoisotopic (exact) mass is 366 g/mol. The lowest BCUT2D eigenvalue weighted by atomic mass is 10.2. The summed E-state index contributed by atoms with van der Waals surface area (Å²) in [6, 6.07) is 5.28. The Morgan fingerprint density at radius 1 is 1.20 bits per heavy atom. The van der Waals surface area contributed by atoms with E-state index in [-0.39, 0.29) is 0 Å². The Morgan fingerprint density at radius 3 is 2.60 bits per heavy atom. The van der Waals surface area contributed by atoms with Crippen molar-refractivity contribution in [3.63, 3.8) is 0 Å². The molecule has 2 heterocycles. The van der Waals surface area contributed by atoms with Crippen molar-refractivity contribution in [3.8, 4) is 0 Å². The molecule has 0 radical (unpaired) electrons. The van der Waals surface area contributed by atoms with E-state index in [1.54, 1.807) is 19.1 Å². The molecule has 0 saturated carbocycles. The van der Waals surface area contributed by atoms with Gasteiger partial charge in [-0.25, -0.2) is 8.42 Å². The van der Waals surface area contributed by atoms with Gasteiger partial charge in [-0.05, 0) is 24.6 Å². The Labute approximate surface area is 147 Å². The molecule has 0 aliphatic carbocycles. The van der Waals surface area contributed by atoms with Crippen LogP contribution in [0, 0.1) is 6.92 Å². The maximum Gasteiger partial charge on any atom is 0.243 e. The van der Waals surface area contributed by atoms with Crippen LogP contribution >= 0.6 is 0 Å². The van der Waals surface area contributed by atoms with Crippen molar-refractivity contribution in [2.45, 2.75) is 31.7 Å². The van der Waals surface area contributed by atoms with Crippen LogP contribution in [-0.2, 0) is 27.7 Å². The molecule has 1 saturated heterocycles. The summed E-state index contributed by atoms with van der Waals surface area (Å²) < 4.78 is 37.9. The standard InChI is InChI=1S/C16H22N4O4S/c1-3-15-18-19-16(24-15)11-17-13-5-4-12(2)14(10-13)25(21,22)20-6-8-23-9-7-20/h4-5,10,17H,3,6-9,11H2,1-2H3. The molecule has 1 aromatic heterocycles. The fourth-order valence-electron chi connectivity index (χ4n) is 2.59. The molecular formula is C16H22N4O4S. The summed E-state index contributed by atoms with van der Waals surface area (Å²) in [4.78, 5) is 0.305. The second-order valence-electron chi connectivity index (χ2n) is 5.79. The third-order valence-electron chi connectivity index (χ3n) is 4.03. The van der Waals surface area contributed by atoms with E-state index in [0.717, 1.165) is 0 Å². The van der Waals surface area contributed by atoms with E-state index in [1.807, 2.05) is 13.0 Å². The average Bonchev–Trinajstić information content (AvgIpc) is 3.10. The van der Waals surface area contributed by atoms with Crippen LogP contribution in [-0.4, -0.2) is 49.2 Å². The molecule has 0 spiro atoms. The summed E-state index contributed by atoms with van der Waals surface area (Å²) in [5, 5.41) is 11.0. The molecule has 0 bridgehead atoms. The van der Waals surface area contributed by atoms with Crippen LogP contribution in [0.15, 0.2) is 27.5 Å². The fraction of sp³-hybridized carbons (Fsp3) is 0.500. The number of anilines is 1. The number of aromatic nitrogens is 2.